The van der Waals surface area contributed by atoms with Gasteiger partial charge in [0.05, 0.1) is 12.3 Å². The third-order valence-electron chi connectivity index (χ3n) is 2.40. The van der Waals surface area contributed by atoms with Crippen LogP contribution in [-0.2, 0) is 22.3 Å². The Hall–Kier alpha value is -0.720. The van der Waals surface area contributed by atoms with E-state index in [-0.39, 0.29) is 5.97 Å². The van der Waals surface area contributed by atoms with Gasteiger partial charge < -0.3 is 10.5 Å². The normalized spacial score (nSPS) is 12.5. The van der Waals surface area contributed by atoms with Gasteiger partial charge in [-0.3, -0.25) is 9.48 Å². The van der Waals surface area contributed by atoms with Crippen molar-refractivity contribution in [3.63, 3.8) is 0 Å². The van der Waals surface area contributed by atoms with E-state index < -0.39 is 6.04 Å². The maximum atomic E-state index is 11.3. The van der Waals surface area contributed by atoms with Crippen molar-refractivity contribution in [2.75, 3.05) is 12.4 Å². The number of esters is 1. The van der Waals surface area contributed by atoms with Crippen molar-refractivity contribution >= 4 is 29.3 Å². The predicted octanol–water partition coefficient (Wildman–Crippen LogP) is 1.51. The molecule has 0 radical (unpaired) electrons. The average Bonchev–Trinajstić information content (AvgIpc) is 2.55. The van der Waals surface area contributed by atoms with Gasteiger partial charge >= 0.3 is 5.97 Å². The molecule has 2 N–H and O–H groups in total. The molecule has 102 valence electrons. The fraction of sp³-hybridized carbons (Fsp3) is 0.636. The molecule has 1 rings (SSSR count). The van der Waals surface area contributed by atoms with Gasteiger partial charge in [-0.15, -0.1) is 0 Å². The molecular formula is C11H18ClN3O2S. The number of rotatable bonds is 6. The molecule has 0 saturated heterocycles. The number of ether oxygens (including phenoxy) is 1. The molecule has 0 spiro atoms. The molecule has 0 aliphatic carbocycles. The first-order valence-electron chi connectivity index (χ1n) is 5.65. The molecule has 1 heterocycles. The molecule has 0 aromatic carbocycles. The topological polar surface area (TPSA) is 70.1 Å². The van der Waals surface area contributed by atoms with Crippen molar-refractivity contribution in [2.24, 2.45) is 12.8 Å². The van der Waals surface area contributed by atoms with Crippen molar-refractivity contribution in [3.8, 4) is 0 Å². The smallest absolute Gasteiger partial charge is 0.323 e. The number of hydrogen-bond donors (Lipinski definition) is 1. The minimum absolute atomic E-state index is 0.352. The zero-order valence-electron chi connectivity index (χ0n) is 10.8. The molecule has 0 saturated carbocycles. The van der Waals surface area contributed by atoms with Crippen LogP contribution in [0.2, 0.25) is 5.15 Å². The van der Waals surface area contributed by atoms with E-state index >= 15 is 0 Å². The van der Waals surface area contributed by atoms with E-state index in [1.807, 2.05) is 6.92 Å². The SMILES string of the molecule is CCOC(=O)C(N)CSCc1c(C)nn(C)c1Cl. The summed E-state index contributed by atoms with van der Waals surface area (Å²) >= 11 is 7.65. The van der Waals surface area contributed by atoms with E-state index in [0.717, 1.165) is 11.3 Å². The monoisotopic (exact) mass is 291 g/mol. The van der Waals surface area contributed by atoms with Crippen LogP contribution >= 0.6 is 23.4 Å². The number of hydrogen-bond acceptors (Lipinski definition) is 5. The average molecular weight is 292 g/mol. The number of aryl methyl sites for hydroxylation is 2. The summed E-state index contributed by atoms with van der Waals surface area (Å²) in [5.41, 5.74) is 7.59. The summed E-state index contributed by atoms with van der Waals surface area (Å²) in [6.45, 7) is 4.02. The second-order valence-corrected chi connectivity index (χ2v) is 5.24. The van der Waals surface area contributed by atoms with Crippen LogP contribution in [0, 0.1) is 6.92 Å². The number of nitrogens with two attached hydrogens (primary N) is 1. The molecule has 1 aromatic heterocycles. The quantitative estimate of drug-likeness (QED) is 0.805. The highest BCUT2D eigenvalue weighted by atomic mass is 35.5. The summed E-state index contributed by atoms with van der Waals surface area (Å²) in [5.74, 6) is 0.828. The Morgan fingerprint density at radius 3 is 2.83 bits per heavy atom. The molecule has 1 atom stereocenters. The van der Waals surface area contributed by atoms with Crippen LogP contribution in [0.4, 0.5) is 0 Å². The van der Waals surface area contributed by atoms with Crippen LogP contribution < -0.4 is 5.73 Å². The number of aromatic nitrogens is 2. The number of carbonyl (C=O) groups is 1. The van der Waals surface area contributed by atoms with E-state index in [2.05, 4.69) is 5.10 Å². The van der Waals surface area contributed by atoms with Crippen LogP contribution in [0.1, 0.15) is 18.2 Å². The van der Waals surface area contributed by atoms with Gasteiger partial charge in [-0.1, -0.05) is 11.6 Å². The largest absolute Gasteiger partial charge is 0.465 e. The third kappa shape index (κ3) is 3.90. The van der Waals surface area contributed by atoms with Crippen molar-refractivity contribution < 1.29 is 9.53 Å². The third-order valence-corrected chi connectivity index (χ3v) is 3.96. The van der Waals surface area contributed by atoms with E-state index in [1.165, 1.54) is 0 Å². The lowest BCUT2D eigenvalue weighted by atomic mass is 10.3. The molecule has 18 heavy (non-hydrogen) atoms. The summed E-state index contributed by atoms with van der Waals surface area (Å²) in [7, 11) is 1.80. The first-order valence-corrected chi connectivity index (χ1v) is 7.18. The maximum Gasteiger partial charge on any atom is 0.323 e. The Morgan fingerprint density at radius 1 is 1.67 bits per heavy atom. The first kappa shape index (κ1) is 15.3. The van der Waals surface area contributed by atoms with Gasteiger partial charge in [-0.25, -0.2) is 0 Å². The summed E-state index contributed by atoms with van der Waals surface area (Å²) in [4.78, 5) is 11.3. The molecule has 1 unspecified atom stereocenters. The molecule has 0 aliphatic rings. The van der Waals surface area contributed by atoms with Gasteiger partial charge in [0.2, 0.25) is 0 Å². The summed E-state index contributed by atoms with van der Waals surface area (Å²) in [6.07, 6.45) is 0. The Bertz CT molecular complexity index is 423. The summed E-state index contributed by atoms with van der Waals surface area (Å²) in [5, 5.41) is 4.85. The zero-order chi connectivity index (χ0) is 13.7. The number of nitrogens with zero attached hydrogens (tertiary/aromatic N) is 2. The minimum Gasteiger partial charge on any atom is -0.465 e. The van der Waals surface area contributed by atoms with Crippen LogP contribution in [-0.4, -0.2) is 34.2 Å². The second kappa shape index (κ2) is 7.01. The van der Waals surface area contributed by atoms with Gasteiger partial charge in [-0.05, 0) is 13.8 Å². The lowest BCUT2D eigenvalue weighted by Gasteiger charge is -2.09. The number of carbonyl (C=O) groups excluding carboxylic acids is 1. The van der Waals surface area contributed by atoms with Crippen LogP contribution in [0.25, 0.3) is 0 Å². The van der Waals surface area contributed by atoms with Crippen molar-refractivity contribution in [3.05, 3.63) is 16.4 Å². The first-order chi connectivity index (χ1) is 8.47. The Labute approximate surface area is 116 Å². The summed E-state index contributed by atoms with van der Waals surface area (Å²) < 4.78 is 6.48. The predicted molar refractivity (Wildman–Crippen MR) is 73.7 cm³/mol. The molecule has 0 amide bonds. The Kier molecular flexibility index (Phi) is 5.98. The van der Waals surface area contributed by atoms with Gasteiger partial charge in [0.25, 0.3) is 0 Å². The lowest BCUT2D eigenvalue weighted by molar-refractivity contribution is -0.144. The Balaban J connectivity index is 2.44. The highest BCUT2D eigenvalue weighted by Crippen LogP contribution is 2.23. The van der Waals surface area contributed by atoms with E-state index in [1.54, 1.807) is 30.4 Å². The Morgan fingerprint density at radius 2 is 2.33 bits per heavy atom. The lowest BCUT2D eigenvalue weighted by Crippen LogP contribution is -2.34. The van der Waals surface area contributed by atoms with Gasteiger partial charge in [0, 0.05) is 24.1 Å². The van der Waals surface area contributed by atoms with Crippen LogP contribution in [0.3, 0.4) is 0 Å². The molecule has 0 aliphatic heterocycles. The van der Waals surface area contributed by atoms with E-state index in [9.17, 15) is 4.79 Å². The molecule has 1 aromatic rings. The van der Waals surface area contributed by atoms with Crippen LogP contribution in [0.5, 0.6) is 0 Å². The van der Waals surface area contributed by atoms with Crippen LogP contribution in [0.15, 0.2) is 0 Å². The summed E-state index contributed by atoms with van der Waals surface area (Å²) in [6, 6.07) is -0.592. The van der Waals surface area contributed by atoms with Crippen molar-refractivity contribution in [1.29, 1.82) is 0 Å². The standard InChI is InChI=1S/C11H18ClN3O2S/c1-4-17-11(16)9(13)6-18-5-8-7(2)14-15(3)10(8)12/h9H,4-6,13H2,1-3H3. The van der Waals surface area contributed by atoms with Gasteiger partial charge in [0.15, 0.2) is 0 Å². The highest BCUT2D eigenvalue weighted by Gasteiger charge is 2.16. The molecule has 0 fully saturated rings. The molecule has 7 heteroatoms. The minimum atomic E-state index is -0.592. The second-order valence-electron chi connectivity index (χ2n) is 3.85. The van der Waals surface area contributed by atoms with E-state index in [4.69, 9.17) is 22.1 Å². The van der Waals surface area contributed by atoms with Crippen molar-refractivity contribution in [2.45, 2.75) is 25.6 Å². The fourth-order valence-electron chi connectivity index (χ4n) is 1.44. The van der Waals surface area contributed by atoms with Crippen molar-refractivity contribution in [1.82, 2.24) is 9.78 Å². The molecule has 5 nitrogen and oxygen atoms in total. The fourth-order valence-corrected chi connectivity index (χ4v) is 2.82. The molecular weight excluding hydrogens is 274 g/mol. The van der Waals surface area contributed by atoms with Gasteiger partial charge in [0.1, 0.15) is 11.2 Å². The van der Waals surface area contributed by atoms with Gasteiger partial charge in [-0.2, -0.15) is 16.9 Å². The number of halogens is 1. The highest BCUT2D eigenvalue weighted by molar-refractivity contribution is 7.98. The maximum absolute atomic E-state index is 11.3. The molecule has 0 bridgehead atoms. The van der Waals surface area contributed by atoms with E-state index in [0.29, 0.717) is 23.3 Å². The zero-order valence-corrected chi connectivity index (χ0v) is 12.3. The number of thioether (sulfide) groups is 1.